The lowest BCUT2D eigenvalue weighted by Gasteiger charge is -2.37. The number of sulfone groups is 1. The highest BCUT2D eigenvalue weighted by molar-refractivity contribution is 7.90. The maximum absolute atomic E-state index is 15.1. The molecular weight excluding hydrogens is 661 g/mol. The largest absolute Gasteiger partial charge is 0.351 e. The highest BCUT2D eigenvalue weighted by Crippen LogP contribution is 2.38. The number of hydrogen-bond donors (Lipinski definition) is 1. The minimum absolute atomic E-state index is 0.0183. The van der Waals surface area contributed by atoms with E-state index in [-0.39, 0.29) is 53.6 Å². The monoisotopic (exact) mass is 688 g/mol. The van der Waals surface area contributed by atoms with E-state index in [1.807, 2.05) is 6.07 Å². The van der Waals surface area contributed by atoms with Crippen LogP contribution in [0.15, 0.2) is 59.6 Å². The SMILES string of the molecule is CS(=O)(=O)c1cc(F)cc(N(C(=O)C2CCC(=O)N2c2nccc(C#N)n2)C(C(=O)NC2CCC(F)(F)CC2)c2ccccc2Cl)c1. The minimum Gasteiger partial charge on any atom is -0.351 e. The summed E-state index contributed by atoms with van der Waals surface area (Å²) in [4.78, 5) is 51.5. The van der Waals surface area contributed by atoms with Gasteiger partial charge < -0.3 is 5.32 Å². The quantitative estimate of drug-likeness (QED) is 0.363. The lowest BCUT2D eigenvalue weighted by molar-refractivity contribution is -0.128. The van der Waals surface area contributed by atoms with E-state index in [4.69, 9.17) is 11.6 Å². The standard InChI is InChI=1S/C31H28ClF3N6O5S/c1-47(45,46)22-15-18(33)14-21(16-22)40(29(44)25-6-7-26(42)41(25)30-37-13-10-20(17-36)39-30)27(23-4-2-3-5-24(23)32)28(43)38-19-8-11-31(34,35)12-9-19/h2-5,10,13-16,19,25,27H,6-9,11-12H2,1H3,(H,38,43). The summed E-state index contributed by atoms with van der Waals surface area (Å²) in [6.07, 6.45) is 0.754. The Kier molecular flexibility index (Phi) is 9.55. The van der Waals surface area contributed by atoms with E-state index in [2.05, 4.69) is 15.3 Å². The number of hydrogen-bond acceptors (Lipinski definition) is 8. The Morgan fingerprint density at radius 2 is 1.85 bits per heavy atom. The minimum atomic E-state index is -4.04. The Labute approximate surface area is 273 Å². The van der Waals surface area contributed by atoms with Gasteiger partial charge in [0, 0.05) is 54.0 Å². The van der Waals surface area contributed by atoms with Crippen LogP contribution in [0.4, 0.5) is 24.8 Å². The van der Waals surface area contributed by atoms with Crippen LogP contribution in [-0.2, 0) is 24.2 Å². The van der Waals surface area contributed by atoms with Crippen molar-refractivity contribution in [2.75, 3.05) is 16.1 Å². The van der Waals surface area contributed by atoms with Gasteiger partial charge in [0.25, 0.3) is 5.91 Å². The number of halogens is 4. The van der Waals surface area contributed by atoms with Crippen molar-refractivity contribution in [2.45, 2.75) is 67.5 Å². The molecule has 47 heavy (non-hydrogen) atoms. The molecule has 0 bridgehead atoms. The third-order valence-electron chi connectivity index (χ3n) is 8.04. The van der Waals surface area contributed by atoms with Gasteiger partial charge in [-0.2, -0.15) is 5.26 Å². The second-order valence-corrected chi connectivity index (χ2v) is 13.8. The molecule has 0 spiro atoms. The summed E-state index contributed by atoms with van der Waals surface area (Å²) < 4.78 is 68.0. The number of amides is 3. The number of nitrogens with one attached hydrogen (secondary N) is 1. The second kappa shape index (κ2) is 13.3. The number of carbonyl (C=O) groups excluding carboxylic acids is 3. The highest BCUT2D eigenvalue weighted by Gasteiger charge is 2.46. The number of rotatable bonds is 8. The van der Waals surface area contributed by atoms with Crippen molar-refractivity contribution in [3.8, 4) is 6.07 Å². The fraction of sp³-hybridized carbons (Fsp3) is 0.355. The first-order valence-corrected chi connectivity index (χ1v) is 16.8. The number of benzene rings is 2. The lowest BCUT2D eigenvalue weighted by atomic mass is 9.91. The van der Waals surface area contributed by atoms with Crippen molar-refractivity contribution < 1.29 is 36.0 Å². The molecule has 2 aliphatic rings. The van der Waals surface area contributed by atoms with E-state index in [9.17, 15) is 36.8 Å². The molecule has 1 saturated carbocycles. The molecule has 16 heteroatoms. The Bertz CT molecular complexity index is 1880. The van der Waals surface area contributed by atoms with E-state index in [0.717, 1.165) is 34.3 Å². The molecule has 2 unspecified atom stereocenters. The fourth-order valence-electron chi connectivity index (χ4n) is 5.72. The van der Waals surface area contributed by atoms with Crippen LogP contribution < -0.4 is 15.1 Å². The summed E-state index contributed by atoms with van der Waals surface area (Å²) in [5.74, 6) is -6.57. The predicted molar refractivity (Wildman–Crippen MR) is 164 cm³/mol. The van der Waals surface area contributed by atoms with Gasteiger partial charge in [0.1, 0.15) is 29.7 Å². The smallest absolute Gasteiger partial charge is 0.251 e. The van der Waals surface area contributed by atoms with Gasteiger partial charge in [0.15, 0.2) is 9.84 Å². The first-order chi connectivity index (χ1) is 22.2. The molecular formula is C31H28ClF3N6O5S. The van der Waals surface area contributed by atoms with Crippen molar-refractivity contribution >= 4 is 50.8 Å². The van der Waals surface area contributed by atoms with Crippen molar-refractivity contribution in [1.29, 1.82) is 5.26 Å². The molecule has 11 nitrogen and oxygen atoms in total. The molecule has 1 aromatic heterocycles. The molecule has 3 amide bonds. The van der Waals surface area contributed by atoms with Crippen LogP contribution in [0.3, 0.4) is 0 Å². The van der Waals surface area contributed by atoms with Crippen LogP contribution in [0.25, 0.3) is 0 Å². The van der Waals surface area contributed by atoms with Crippen LogP contribution in [-0.4, -0.2) is 60.4 Å². The number of nitrogens with zero attached hydrogens (tertiary/aromatic N) is 5. The summed E-state index contributed by atoms with van der Waals surface area (Å²) in [6, 6.07) is 7.98. The van der Waals surface area contributed by atoms with Gasteiger partial charge in [0.05, 0.1) is 4.90 Å². The highest BCUT2D eigenvalue weighted by atomic mass is 35.5. The molecule has 246 valence electrons. The molecule has 5 rings (SSSR count). The second-order valence-electron chi connectivity index (χ2n) is 11.4. The average molecular weight is 689 g/mol. The first kappa shape index (κ1) is 33.8. The summed E-state index contributed by atoms with van der Waals surface area (Å²) in [7, 11) is -4.04. The summed E-state index contributed by atoms with van der Waals surface area (Å²) in [6.45, 7) is 0. The lowest BCUT2D eigenvalue weighted by Crippen LogP contribution is -2.53. The van der Waals surface area contributed by atoms with Gasteiger partial charge in [-0.05, 0) is 49.6 Å². The third kappa shape index (κ3) is 7.39. The molecule has 3 aromatic rings. The van der Waals surface area contributed by atoms with Gasteiger partial charge in [-0.1, -0.05) is 29.8 Å². The topological polar surface area (TPSA) is 153 Å². The number of nitriles is 1. The predicted octanol–water partition coefficient (Wildman–Crippen LogP) is 4.51. The van der Waals surface area contributed by atoms with Crippen LogP contribution in [0.1, 0.15) is 55.8 Å². The molecule has 2 heterocycles. The Morgan fingerprint density at radius 3 is 2.51 bits per heavy atom. The fourth-order valence-corrected chi connectivity index (χ4v) is 6.62. The van der Waals surface area contributed by atoms with Crippen molar-refractivity contribution in [1.82, 2.24) is 15.3 Å². The van der Waals surface area contributed by atoms with E-state index < -0.39 is 75.2 Å². The summed E-state index contributed by atoms with van der Waals surface area (Å²) in [5, 5.41) is 12.1. The molecule has 1 aliphatic heterocycles. The average Bonchev–Trinajstić information content (AvgIpc) is 3.41. The van der Waals surface area contributed by atoms with Crippen LogP contribution in [0, 0.1) is 17.1 Å². The van der Waals surface area contributed by atoms with E-state index in [1.54, 1.807) is 6.07 Å². The van der Waals surface area contributed by atoms with Crippen molar-refractivity contribution in [2.24, 2.45) is 0 Å². The molecule has 1 saturated heterocycles. The zero-order chi connectivity index (χ0) is 34.1. The Morgan fingerprint density at radius 1 is 1.15 bits per heavy atom. The molecule has 2 aromatic carbocycles. The zero-order valence-electron chi connectivity index (χ0n) is 24.9. The number of aromatic nitrogens is 2. The van der Waals surface area contributed by atoms with Gasteiger partial charge >= 0.3 is 0 Å². The van der Waals surface area contributed by atoms with E-state index in [0.29, 0.717) is 0 Å². The van der Waals surface area contributed by atoms with Crippen LogP contribution in [0.5, 0.6) is 0 Å². The van der Waals surface area contributed by atoms with Gasteiger partial charge in [0.2, 0.25) is 23.7 Å². The first-order valence-electron chi connectivity index (χ1n) is 14.5. The van der Waals surface area contributed by atoms with Crippen LogP contribution >= 0.6 is 11.6 Å². The maximum atomic E-state index is 15.1. The molecule has 0 radical (unpaired) electrons. The van der Waals surface area contributed by atoms with Gasteiger partial charge in [-0.25, -0.2) is 31.6 Å². The maximum Gasteiger partial charge on any atom is 0.251 e. The third-order valence-corrected chi connectivity index (χ3v) is 9.48. The van der Waals surface area contributed by atoms with Crippen molar-refractivity contribution in [3.05, 3.63) is 76.8 Å². The number of alkyl halides is 2. The Hall–Kier alpha value is -4.55. The molecule has 1 N–H and O–H groups in total. The van der Waals surface area contributed by atoms with Crippen LogP contribution in [0.2, 0.25) is 5.02 Å². The van der Waals surface area contributed by atoms with Crippen molar-refractivity contribution in [3.63, 3.8) is 0 Å². The molecule has 1 aliphatic carbocycles. The van der Waals surface area contributed by atoms with E-state index >= 15 is 4.39 Å². The van der Waals surface area contributed by atoms with Gasteiger partial charge in [-0.15, -0.1) is 0 Å². The summed E-state index contributed by atoms with van der Waals surface area (Å²) >= 11 is 6.55. The zero-order valence-corrected chi connectivity index (χ0v) is 26.4. The molecule has 2 atom stereocenters. The normalized spacial score (nSPS) is 18.8. The summed E-state index contributed by atoms with van der Waals surface area (Å²) in [5.41, 5.74) is -0.381. The molecule has 2 fully saturated rings. The number of anilines is 2. The Balaban J connectivity index is 1.67. The van der Waals surface area contributed by atoms with Gasteiger partial charge in [-0.3, -0.25) is 24.2 Å². The van der Waals surface area contributed by atoms with E-state index in [1.165, 1.54) is 30.5 Å². The number of carbonyl (C=O) groups is 3.